The summed E-state index contributed by atoms with van der Waals surface area (Å²) in [6.45, 7) is 5.02. The van der Waals surface area contributed by atoms with Crippen LogP contribution in [0.1, 0.15) is 31.7 Å². The standard InChI is InChI=1S/C14H19BrN2O.ClH/c1-3-14(7-4-8-16-14)13(18)17-11-6-5-10(2)12(15)9-11;/h5-6,9,16H,3-4,7-8H2,1-2H3,(H,17,18);1H. The molecule has 0 spiro atoms. The summed E-state index contributed by atoms with van der Waals surface area (Å²) in [4.78, 5) is 12.4. The minimum atomic E-state index is -0.378. The highest BCUT2D eigenvalue weighted by atomic mass is 79.9. The van der Waals surface area contributed by atoms with Gasteiger partial charge in [-0.05, 0) is 50.4 Å². The van der Waals surface area contributed by atoms with Gasteiger partial charge in [-0.1, -0.05) is 28.9 Å². The maximum atomic E-state index is 12.4. The number of benzene rings is 1. The van der Waals surface area contributed by atoms with Gasteiger partial charge in [-0.2, -0.15) is 0 Å². The van der Waals surface area contributed by atoms with E-state index in [0.717, 1.165) is 41.5 Å². The first-order valence-corrected chi connectivity index (χ1v) is 7.19. The summed E-state index contributed by atoms with van der Waals surface area (Å²) in [7, 11) is 0. The summed E-state index contributed by atoms with van der Waals surface area (Å²) in [6, 6.07) is 5.89. The van der Waals surface area contributed by atoms with Crippen LogP contribution in [-0.4, -0.2) is 18.0 Å². The molecule has 1 aromatic carbocycles. The molecule has 1 aliphatic heterocycles. The third-order valence-electron chi connectivity index (χ3n) is 3.71. The Hall–Kier alpha value is -0.580. The second-order valence-corrected chi connectivity index (χ2v) is 5.74. The first kappa shape index (κ1) is 16.5. The van der Waals surface area contributed by atoms with Crippen molar-refractivity contribution in [3.63, 3.8) is 0 Å². The second-order valence-electron chi connectivity index (χ2n) is 4.88. The lowest BCUT2D eigenvalue weighted by atomic mass is 9.93. The van der Waals surface area contributed by atoms with Crippen LogP contribution >= 0.6 is 28.3 Å². The van der Waals surface area contributed by atoms with E-state index in [1.807, 2.05) is 25.1 Å². The van der Waals surface area contributed by atoms with Gasteiger partial charge < -0.3 is 10.6 Å². The molecule has 1 heterocycles. The van der Waals surface area contributed by atoms with Crippen LogP contribution in [0.15, 0.2) is 22.7 Å². The summed E-state index contributed by atoms with van der Waals surface area (Å²) in [6.07, 6.45) is 2.81. The fourth-order valence-corrected chi connectivity index (χ4v) is 2.76. The van der Waals surface area contributed by atoms with Crippen molar-refractivity contribution in [3.8, 4) is 0 Å². The third-order valence-corrected chi connectivity index (χ3v) is 4.57. The topological polar surface area (TPSA) is 41.1 Å². The summed E-state index contributed by atoms with van der Waals surface area (Å²) in [5.41, 5.74) is 1.63. The zero-order chi connectivity index (χ0) is 13.2. The molecule has 1 saturated heterocycles. The smallest absolute Gasteiger partial charge is 0.244 e. The Morgan fingerprint density at radius 2 is 2.26 bits per heavy atom. The molecule has 5 heteroatoms. The molecule has 2 rings (SSSR count). The van der Waals surface area contributed by atoms with Crippen molar-refractivity contribution in [2.45, 2.75) is 38.6 Å². The lowest BCUT2D eigenvalue weighted by Crippen LogP contribution is -2.50. The first-order chi connectivity index (χ1) is 8.57. The van der Waals surface area contributed by atoms with Gasteiger partial charge in [0.15, 0.2) is 0 Å². The molecule has 0 aliphatic carbocycles. The molecule has 0 aromatic heterocycles. The Bertz CT molecular complexity index is 459. The van der Waals surface area contributed by atoms with Gasteiger partial charge in [-0.25, -0.2) is 0 Å². The van der Waals surface area contributed by atoms with E-state index in [2.05, 4.69) is 33.5 Å². The molecule has 1 unspecified atom stereocenters. The van der Waals surface area contributed by atoms with E-state index in [1.54, 1.807) is 0 Å². The molecule has 1 amide bonds. The van der Waals surface area contributed by atoms with Crippen LogP contribution in [0, 0.1) is 6.92 Å². The van der Waals surface area contributed by atoms with E-state index in [9.17, 15) is 4.79 Å². The van der Waals surface area contributed by atoms with Crippen molar-refractivity contribution < 1.29 is 4.79 Å². The molecule has 1 atom stereocenters. The quantitative estimate of drug-likeness (QED) is 0.876. The maximum absolute atomic E-state index is 12.4. The number of amides is 1. The maximum Gasteiger partial charge on any atom is 0.244 e. The van der Waals surface area contributed by atoms with Crippen molar-refractivity contribution in [2.75, 3.05) is 11.9 Å². The van der Waals surface area contributed by atoms with Crippen LogP contribution in [0.5, 0.6) is 0 Å². The number of carbonyl (C=O) groups is 1. The molecule has 106 valence electrons. The van der Waals surface area contributed by atoms with Gasteiger partial charge in [0.1, 0.15) is 0 Å². The second kappa shape index (κ2) is 6.73. The molecule has 2 N–H and O–H groups in total. The first-order valence-electron chi connectivity index (χ1n) is 6.40. The van der Waals surface area contributed by atoms with Crippen LogP contribution < -0.4 is 10.6 Å². The highest BCUT2D eigenvalue weighted by Gasteiger charge is 2.38. The summed E-state index contributed by atoms with van der Waals surface area (Å²) in [5.74, 6) is 0.0817. The molecule has 0 bridgehead atoms. The summed E-state index contributed by atoms with van der Waals surface area (Å²) < 4.78 is 1.02. The Kier molecular flexibility index (Phi) is 5.83. The largest absolute Gasteiger partial charge is 0.324 e. The number of rotatable bonds is 3. The normalized spacial score (nSPS) is 21.8. The van der Waals surface area contributed by atoms with Crippen molar-refractivity contribution in [2.24, 2.45) is 0 Å². The third kappa shape index (κ3) is 3.50. The average molecular weight is 348 g/mol. The molecule has 1 aliphatic rings. The van der Waals surface area contributed by atoms with Crippen molar-refractivity contribution >= 4 is 39.9 Å². The van der Waals surface area contributed by atoms with Gasteiger partial charge in [-0.15, -0.1) is 12.4 Å². The molecule has 3 nitrogen and oxygen atoms in total. The minimum Gasteiger partial charge on any atom is -0.324 e. The molecular weight excluding hydrogens is 328 g/mol. The Balaban J connectivity index is 0.00000180. The Morgan fingerprint density at radius 3 is 2.79 bits per heavy atom. The minimum absolute atomic E-state index is 0. The van der Waals surface area contributed by atoms with Crippen LogP contribution in [-0.2, 0) is 4.79 Å². The number of hydrogen-bond acceptors (Lipinski definition) is 2. The number of aryl methyl sites for hydroxylation is 1. The van der Waals surface area contributed by atoms with Gasteiger partial charge in [0.25, 0.3) is 0 Å². The summed E-state index contributed by atoms with van der Waals surface area (Å²) >= 11 is 3.48. The van der Waals surface area contributed by atoms with E-state index in [1.165, 1.54) is 0 Å². The lowest BCUT2D eigenvalue weighted by Gasteiger charge is -2.26. The van der Waals surface area contributed by atoms with Gasteiger partial charge in [0, 0.05) is 10.2 Å². The van der Waals surface area contributed by atoms with Gasteiger partial charge >= 0.3 is 0 Å². The van der Waals surface area contributed by atoms with Crippen molar-refractivity contribution in [1.29, 1.82) is 0 Å². The number of hydrogen-bond donors (Lipinski definition) is 2. The van der Waals surface area contributed by atoms with E-state index < -0.39 is 0 Å². The Labute approximate surface area is 129 Å². The van der Waals surface area contributed by atoms with Gasteiger partial charge in [0.05, 0.1) is 5.54 Å². The molecule has 1 aromatic rings. The number of halogens is 2. The highest BCUT2D eigenvalue weighted by Crippen LogP contribution is 2.26. The lowest BCUT2D eigenvalue weighted by molar-refractivity contribution is -0.122. The van der Waals surface area contributed by atoms with E-state index >= 15 is 0 Å². The Morgan fingerprint density at radius 1 is 1.53 bits per heavy atom. The summed E-state index contributed by atoms with van der Waals surface area (Å²) in [5, 5.41) is 6.35. The molecule has 0 saturated carbocycles. The number of carbonyl (C=O) groups excluding carboxylic acids is 1. The van der Waals surface area contributed by atoms with Gasteiger partial charge in [0.2, 0.25) is 5.91 Å². The van der Waals surface area contributed by atoms with E-state index in [4.69, 9.17) is 0 Å². The molecule has 1 fully saturated rings. The molecular formula is C14H20BrClN2O. The predicted molar refractivity (Wildman–Crippen MR) is 85.0 cm³/mol. The monoisotopic (exact) mass is 346 g/mol. The molecule has 19 heavy (non-hydrogen) atoms. The van der Waals surface area contributed by atoms with Crippen LogP contribution in [0.2, 0.25) is 0 Å². The SMILES string of the molecule is CCC1(C(=O)Nc2ccc(C)c(Br)c2)CCCN1.Cl. The van der Waals surface area contributed by atoms with Crippen LogP contribution in [0.25, 0.3) is 0 Å². The van der Waals surface area contributed by atoms with Crippen molar-refractivity contribution in [1.82, 2.24) is 5.32 Å². The average Bonchev–Trinajstić information content (AvgIpc) is 2.84. The number of anilines is 1. The molecule has 0 radical (unpaired) electrons. The van der Waals surface area contributed by atoms with E-state index in [0.29, 0.717) is 0 Å². The zero-order valence-electron chi connectivity index (χ0n) is 11.3. The van der Waals surface area contributed by atoms with Gasteiger partial charge in [-0.3, -0.25) is 4.79 Å². The fourth-order valence-electron chi connectivity index (χ4n) is 2.38. The number of nitrogens with one attached hydrogen (secondary N) is 2. The van der Waals surface area contributed by atoms with Crippen molar-refractivity contribution in [3.05, 3.63) is 28.2 Å². The van der Waals surface area contributed by atoms with E-state index in [-0.39, 0.29) is 23.9 Å². The van der Waals surface area contributed by atoms with Crippen LogP contribution in [0.3, 0.4) is 0 Å². The zero-order valence-corrected chi connectivity index (χ0v) is 13.7. The fraction of sp³-hybridized carbons (Fsp3) is 0.500. The highest BCUT2D eigenvalue weighted by molar-refractivity contribution is 9.10. The predicted octanol–water partition coefficient (Wildman–Crippen LogP) is 3.65. The van der Waals surface area contributed by atoms with Crippen LogP contribution in [0.4, 0.5) is 5.69 Å².